The number of benzene rings is 1. The summed E-state index contributed by atoms with van der Waals surface area (Å²) >= 11 is 0. The number of aliphatic hydroxyl groups excluding tert-OH is 2. The van der Waals surface area contributed by atoms with E-state index in [0.717, 1.165) is 37.2 Å². The lowest BCUT2D eigenvalue weighted by Gasteiger charge is -2.29. The van der Waals surface area contributed by atoms with E-state index in [9.17, 15) is 33.3 Å². The molecule has 174 valence electrons. The van der Waals surface area contributed by atoms with Gasteiger partial charge in [-0.05, 0) is 36.9 Å². The Bertz CT molecular complexity index is 1100. The smallest absolute Gasteiger partial charge is 0.393 e. The number of aryl methyl sites for hydroxylation is 1. The van der Waals surface area contributed by atoms with E-state index in [0.29, 0.717) is 12.8 Å². The predicted molar refractivity (Wildman–Crippen MR) is 109 cm³/mol. The number of alkyl halides is 3. The highest BCUT2D eigenvalue weighted by molar-refractivity contribution is 5.97. The van der Waals surface area contributed by atoms with E-state index in [-0.39, 0.29) is 17.1 Å². The van der Waals surface area contributed by atoms with E-state index in [2.05, 4.69) is 15.3 Å². The molecule has 0 radical (unpaired) electrons. The third-order valence-corrected chi connectivity index (χ3v) is 5.53. The van der Waals surface area contributed by atoms with Gasteiger partial charge in [0, 0.05) is 9.68 Å². The van der Waals surface area contributed by atoms with E-state index < -0.39 is 60.1 Å². The molecular formula is C21H25F3N4O4. The number of nitrogens with zero attached hydrogens (tertiary/aromatic N) is 2. The molecule has 1 aromatic heterocycles. The van der Waals surface area contributed by atoms with Crippen LogP contribution in [0.1, 0.15) is 51.4 Å². The number of anilines is 1. The summed E-state index contributed by atoms with van der Waals surface area (Å²) in [6.45, 7) is -4.52. The summed E-state index contributed by atoms with van der Waals surface area (Å²) in [6, 6.07) is 1.78. The molecule has 1 heterocycles. The number of nitrogen functional groups attached to an aromatic ring is 1. The van der Waals surface area contributed by atoms with E-state index in [1.165, 1.54) is 0 Å². The van der Waals surface area contributed by atoms with Crippen LogP contribution >= 0.6 is 0 Å². The van der Waals surface area contributed by atoms with Crippen molar-refractivity contribution in [2.45, 2.75) is 56.5 Å². The fraction of sp³-hybridized carbons (Fsp3) is 0.476. The van der Waals surface area contributed by atoms with Crippen molar-refractivity contribution in [3.05, 3.63) is 41.2 Å². The van der Waals surface area contributed by atoms with Gasteiger partial charge in [-0.2, -0.15) is 13.2 Å². The molecule has 0 unspecified atom stereocenters. The summed E-state index contributed by atoms with van der Waals surface area (Å²) in [7, 11) is 0. The van der Waals surface area contributed by atoms with E-state index >= 15 is 0 Å². The second kappa shape index (κ2) is 9.00. The maximum absolute atomic E-state index is 13.5. The lowest BCUT2D eigenvalue weighted by atomic mass is 9.90. The van der Waals surface area contributed by atoms with E-state index in [1.54, 1.807) is 0 Å². The van der Waals surface area contributed by atoms with Crippen LogP contribution in [-0.2, 0) is 5.60 Å². The zero-order chi connectivity index (χ0) is 26.2. The van der Waals surface area contributed by atoms with Gasteiger partial charge in [0.1, 0.15) is 0 Å². The molecule has 1 aliphatic carbocycles. The van der Waals surface area contributed by atoms with Crippen LogP contribution in [0.15, 0.2) is 24.4 Å². The highest BCUT2D eigenvalue weighted by Gasteiger charge is 2.54. The van der Waals surface area contributed by atoms with Crippen LogP contribution in [0.3, 0.4) is 0 Å². The summed E-state index contributed by atoms with van der Waals surface area (Å²) in [5.41, 5.74) is -0.199. The third-order valence-electron chi connectivity index (χ3n) is 5.53. The standard InChI is InChI=1S/C21H25F3N4O4/c1-11-6-7-12(20(32,10-29)21(22,23)24)8-13(11)15-9-26-18(25)17(27-15)19(31)28-14-4-2-3-5-16(14)30/h6-9,14,16,29-30,32H,2-5,10H2,1H3,(H2,25,26)(H,28,31)/t14-,16-,20+/m0/s1/i1D3. The van der Waals surface area contributed by atoms with Crippen molar-refractivity contribution in [3.63, 3.8) is 0 Å². The normalized spacial score (nSPS) is 22.9. The Balaban J connectivity index is 2.10. The first-order valence-electron chi connectivity index (χ1n) is 11.4. The topological polar surface area (TPSA) is 142 Å². The maximum atomic E-state index is 13.5. The summed E-state index contributed by atoms with van der Waals surface area (Å²) in [5.74, 6) is -1.11. The van der Waals surface area contributed by atoms with Crippen LogP contribution in [-0.4, -0.2) is 56.1 Å². The van der Waals surface area contributed by atoms with E-state index in [1.807, 2.05) is 0 Å². The molecule has 0 bridgehead atoms. The monoisotopic (exact) mass is 457 g/mol. The molecule has 32 heavy (non-hydrogen) atoms. The van der Waals surface area contributed by atoms with Crippen molar-refractivity contribution in [3.8, 4) is 11.3 Å². The number of halogens is 3. The molecule has 1 aliphatic rings. The maximum Gasteiger partial charge on any atom is 0.423 e. The number of rotatable bonds is 5. The molecule has 11 heteroatoms. The van der Waals surface area contributed by atoms with Gasteiger partial charge in [0.25, 0.3) is 5.91 Å². The summed E-state index contributed by atoms with van der Waals surface area (Å²) in [6.07, 6.45) is -2.47. The Labute approximate surface area is 186 Å². The van der Waals surface area contributed by atoms with Gasteiger partial charge in [0.15, 0.2) is 11.5 Å². The van der Waals surface area contributed by atoms with Gasteiger partial charge in [0.05, 0.1) is 30.6 Å². The van der Waals surface area contributed by atoms with Crippen molar-refractivity contribution >= 4 is 11.7 Å². The van der Waals surface area contributed by atoms with Gasteiger partial charge < -0.3 is 26.4 Å². The largest absolute Gasteiger partial charge is 0.423 e. The number of aliphatic hydroxyl groups is 3. The Morgan fingerprint density at radius 3 is 2.69 bits per heavy atom. The first kappa shape index (κ1) is 19.9. The molecular weight excluding hydrogens is 429 g/mol. The van der Waals surface area contributed by atoms with Crippen LogP contribution in [0, 0.1) is 6.85 Å². The van der Waals surface area contributed by atoms with Crippen LogP contribution in [0.5, 0.6) is 0 Å². The van der Waals surface area contributed by atoms with Gasteiger partial charge in [-0.25, -0.2) is 9.97 Å². The number of hydrogen-bond donors (Lipinski definition) is 5. The first-order chi connectivity index (χ1) is 16.2. The van der Waals surface area contributed by atoms with Crippen molar-refractivity contribution < 1.29 is 37.4 Å². The van der Waals surface area contributed by atoms with Crippen LogP contribution < -0.4 is 11.1 Å². The SMILES string of the molecule is [2H]C([2H])([2H])c1ccc([C@](O)(CO)C(F)(F)F)cc1-c1cnc(N)c(C(=O)N[C@H]2CCCC[C@@H]2O)n1. The van der Waals surface area contributed by atoms with Crippen molar-refractivity contribution in [1.29, 1.82) is 0 Å². The number of carbonyl (C=O) groups is 1. The quantitative estimate of drug-likeness (QED) is 0.461. The molecule has 1 amide bonds. The Morgan fingerprint density at radius 1 is 1.34 bits per heavy atom. The fourth-order valence-electron chi connectivity index (χ4n) is 3.57. The van der Waals surface area contributed by atoms with Gasteiger partial charge in [0.2, 0.25) is 5.60 Å². The minimum absolute atomic E-state index is 0.288. The molecule has 0 aliphatic heterocycles. The van der Waals surface area contributed by atoms with Crippen molar-refractivity contribution in [1.82, 2.24) is 15.3 Å². The molecule has 1 saturated carbocycles. The second-order valence-electron chi connectivity index (χ2n) is 7.70. The Kier molecular flexibility index (Phi) is 5.60. The second-order valence-corrected chi connectivity index (χ2v) is 7.70. The molecule has 6 N–H and O–H groups in total. The minimum Gasteiger partial charge on any atom is -0.393 e. The summed E-state index contributed by atoms with van der Waals surface area (Å²) in [4.78, 5) is 20.7. The molecule has 3 rings (SSSR count). The molecule has 0 spiro atoms. The van der Waals surface area contributed by atoms with Crippen molar-refractivity contribution in [2.24, 2.45) is 0 Å². The molecule has 1 fully saturated rings. The lowest BCUT2D eigenvalue weighted by molar-refractivity contribution is -0.277. The first-order valence-corrected chi connectivity index (χ1v) is 9.86. The molecule has 0 saturated heterocycles. The minimum atomic E-state index is -5.28. The molecule has 2 aromatic rings. The van der Waals surface area contributed by atoms with Gasteiger partial charge >= 0.3 is 6.18 Å². The van der Waals surface area contributed by atoms with Crippen LogP contribution in [0.4, 0.5) is 19.0 Å². The lowest BCUT2D eigenvalue weighted by Crippen LogP contribution is -2.45. The molecule has 1 aromatic carbocycles. The van der Waals surface area contributed by atoms with Crippen LogP contribution in [0.25, 0.3) is 11.3 Å². The number of aromatic nitrogens is 2. The predicted octanol–water partition coefficient (Wildman–Crippen LogP) is 1.81. The highest BCUT2D eigenvalue weighted by atomic mass is 19.4. The number of nitrogens with one attached hydrogen (secondary N) is 1. The van der Waals surface area contributed by atoms with Gasteiger partial charge in [-0.15, -0.1) is 0 Å². The molecule has 3 atom stereocenters. The van der Waals surface area contributed by atoms with Gasteiger partial charge in [-0.1, -0.05) is 25.0 Å². The van der Waals surface area contributed by atoms with Crippen LogP contribution in [0.2, 0.25) is 0 Å². The summed E-state index contributed by atoms with van der Waals surface area (Å²) in [5, 5.41) is 32.1. The average molecular weight is 457 g/mol. The number of amides is 1. The van der Waals surface area contributed by atoms with Crippen molar-refractivity contribution in [2.75, 3.05) is 12.3 Å². The number of carbonyl (C=O) groups excluding carboxylic acids is 1. The Hall–Kier alpha value is -2.76. The zero-order valence-electron chi connectivity index (χ0n) is 19.9. The van der Waals surface area contributed by atoms with Gasteiger partial charge in [-0.3, -0.25) is 4.79 Å². The fourth-order valence-corrected chi connectivity index (χ4v) is 3.57. The number of nitrogens with two attached hydrogens (primary N) is 1. The third kappa shape index (κ3) is 4.54. The highest BCUT2D eigenvalue weighted by Crippen LogP contribution is 2.40. The average Bonchev–Trinajstić information content (AvgIpc) is 2.78. The zero-order valence-corrected chi connectivity index (χ0v) is 16.9. The molecule has 8 nitrogen and oxygen atoms in total. The summed E-state index contributed by atoms with van der Waals surface area (Å²) < 4.78 is 63.7. The van der Waals surface area contributed by atoms with E-state index in [4.69, 9.17) is 9.85 Å². The Morgan fingerprint density at radius 2 is 2.06 bits per heavy atom. The number of hydrogen-bond acceptors (Lipinski definition) is 7.